The lowest BCUT2D eigenvalue weighted by Gasteiger charge is -1.98. The Balaban J connectivity index is 1.86. The van der Waals surface area contributed by atoms with Crippen LogP contribution in [0.4, 0.5) is 4.39 Å². The second kappa shape index (κ2) is 6.40. The van der Waals surface area contributed by atoms with Crippen molar-refractivity contribution >= 4 is 17.9 Å². The fraction of sp³-hybridized carbons (Fsp3) is 0.0526. The molecule has 1 aliphatic heterocycles. The molecule has 0 N–H and O–H groups in total. The van der Waals surface area contributed by atoms with Gasteiger partial charge in [-0.2, -0.15) is 0 Å². The minimum atomic E-state index is -0.509. The lowest BCUT2D eigenvalue weighted by atomic mass is 10.1. The predicted octanol–water partition coefficient (Wildman–Crippen LogP) is 4.12. The van der Waals surface area contributed by atoms with Gasteiger partial charge in [0.1, 0.15) is 5.82 Å². The fourth-order valence-corrected chi connectivity index (χ4v) is 2.19. The van der Waals surface area contributed by atoms with Gasteiger partial charge in [0.05, 0.1) is 0 Å². The second-order valence-corrected chi connectivity index (χ2v) is 5.14. The number of carbonyl (C=O) groups is 1. The molecule has 0 bridgehead atoms. The lowest BCUT2D eigenvalue weighted by molar-refractivity contribution is -0.130. The Hall–Kier alpha value is -3.01. The summed E-state index contributed by atoms with van der Waals surface area (Å²) in [5.74, 6) is -0.671. The van der Waals surface area contributed by atoms with Gasteiger partial charge in [-0.1, -0.05) is 36.4 Å². The number of esters is 1. The van der Waals surface area contributed by atoms with E-state index in [1.807, 2.05) is 43.3 Å². The van der Waals surface area contributed by atoms with Crippen molar-refractivity contribution in [2.24, 2.45) is 4.99 Å². The van der Waals surface area contributed by atoms with E-state index >= 15 is 0 Å². The first-order valence-electron chi connectivity index (χ1n) is 7.14. The molecule has 0 aliphatic carbocycles. The third-order valence-corrected chi connectivity index (χ3v) is 3.27. The SMILES string of the molecule is CC(=Cc1ccccc1)C=C1N=C(c2ccc(F)cc2)OC1=O. The maximum absolute atomic E-state index is 12.9. The van der Waals surface area contributed by atoms with Gasteiger partial charge < -0.3 is 4.74 Å². The van der Waals surface area contributed by atoms with E-state index in [2.05, 4.69) is 4.99 Å². The van der Waals surface area contributed by atoms with Crippen LogP contribution in [-0.4, -0.2) is 11.9 Å². The molecule has 0 amide bonds. The second-order valence-electron chi connectivity index (χ2n) is 5.14. The number of ether oxygens (including phenoxy) is 1. The van der Waals surface area contributed by atoms with E-state index in [9.17, 15) is 9.18 Å². The van der Waals surface area contributed by atoms with Crippen molar-refractivity contribution in [2.45, 2.75) is 6.92 Å². The predicted molar refractivity (Wildman–Crippen MR) is 87.2 cm³/mol. The Morgan fingerprint density at radius 3 is 2.48 bits per heavy atom. The molecule has 0 saturated heterocycles. The number of carbonyl (C=O) groups excluding carboxylic acids is 1. The maximum Gasteiger partial charge on any atom is 0.363 e. The minimum Gasteiger partial charge on any atom is -0.402 e. The molecule has 0 saturated carbocycles. The zero-order valence-corrected chi connectivity index (χ0v) is 12.5. The molecule has 2 aromatic carbocycles. The van der Waals surface area contributed by atoms with Crippen LogP contribution in [0.1, 0.15) is 18.1 Å². The number of rotatable bonds is 3. The zero-order chi connectivity index (χ0) is 16.2. The van der Waals surface area contributed by atoms with Gasteiger partial charge >= 0.3 is 5.97 Å². The van der Waals surface area contributed by atoms with E-state index in [0.29, 0.717) is 5.56 Å². The summed E-state index contributed by atoms with van der Waals surface area (Å²) in [6, 6.07) is 15.4. The highest BCUT2D eigenvalue weighted by Gasteiger charge is 2.23. The Labute approximate surface area is 133 Å². The van der Waals surface area contributed by atoms with Gasteiger partial charge in [0, 0.05) is 5.56 Å². The smallest absolute Gasteiger partial charge is 0.363 e. The summed E-state index contributed by atoms with van der Waals surface area (Å²) in [7, 11) is 0. The van der Waals surface area contributed by atoms with Crippen LogP contribution in [0.3, 0.4) is 0 Å². The number of aliphatic imine (C=N–C) groups is 1. The van der Waals surface area contributed by atoms with Crippen molar-refractivity contribution in [2.75, 3.05) is 0 Å². The zero-order valence-electron chi connectivity index (χ0n) is 12.5. The van der Waals surface area contributed by atoms with Crippen molar-refractivity contribution in [1.82, 2.24) is 0 Å². The van der Waals surface area contributed by atoms with E-state index in [1.165, 1.54) is 24.3 Å². The van der Waals surface area contributed by atoms with Gasteiger partial charge in [-0.3, -0.25) is 0 Å². The van der Waals surface area contributed by atoms with Crippen LogP contribution in [0.25, 0.3) is 6.08 Å². The Kier molecular flexibility index (Phi) is 4.15. The molecular weight excluding hydrogens is 293 g/mol. The van der Waals surface area contributed by atoms with Crippen molar-refractivity contribution in [3.63, 3.8) is 0 Å². The molecule has 0 fully saturated rings. The fourth-order valence-electron chi connectivity index (χ4n) is 2.19. The molecule has 1 heterocycles. The molecule has 0 unspecified atom stereocenters. The van der Waals surface area contributed by atoms with E-state index in [0.717, 1.165) is 11.1 Å². The summed E-state index contributed by atoms with van der Waals surface area (Å²) < 4.78 is 18.1. The minimum absolute atomic E-state index is 0.189. The number of cyclic esters (lactones) is 1. The van der Waals surface area contributed by atoms with Gasteiger partial charge in [-0.05, 0) is 48.4 Å². The molecule has 3 rings (SSSR count). The van der Waals surface area contributed by atoms with E-state index in [4.69, 9.17) is 4.74 Å². The van der Waals surface area contributed by atoms with E-state index in [-0.39, 0.29) is 17.4 Å². The highest BCUT2D eigenvalue weighted by Crippen LogP contribution is 2.19. The van der Waals surface area contributed by atoms with Crippen molar-refractivity contribution in [1.29, 1.82) is 0 Å². The molecule has 2 aromatic rings. The largest absolute Gasteiger partial charge is 0.402 e. The number of halogens is 1. The average molecular weight is 307 g/mol. The average Bonchev–Trinajstić information content (AvgIpc) is 2.90. The number of nitrogens with zero attached hydrogens (tertiary/aromatic N) is 1. The molecule has 4 heteroatoms. The number of benzene rings is 2. The van der Waals surface area contributed by atoms with Crippen LogP contribution in [-0.2, 0) is 9.53 Å². The summed E-state index contributed by atoms with van der Waals surface area (Å²) in [5.41, 5.74) is 2.71. The summed E-state index contributed by atoms with van der Waals surface area (Å²) >= 11 is 0. The van der Waals surface area contributed by atoms with Crippen molar-refractivity contribution in [3.8, 4) is 0 Å². The van der Waals surface area contributed by atoms with Gasteiger partial charge in [0.25, 0.3) is 0 Å². The maximum atomic E-state index is 12.9. The number of allylic oxidation sites excluding steroid dienone is 2. The van der Waals surface area contributed by atoms with Crippen LogP contribution >= 0.6 is 0 Å². The van der Waals surface area contributed by atoms with Crippen LogP contribution in [0, 0.1) is 5.82 Å². The third kappa shape index (κ3) is 3.61. The molecular formula is C19H14FNO2. The first kappa shape index (κ1) is 14.9. The Morgan fingerprint density at radius 2 is 1.78 bits per heavy atom. The third-order valence-electron chi connectivity index (χ3n) is 3.27. The quantitative estimate of drug-likeness (QED) is 0.632. The van der Waals surface area contributed by atoms with Gasteiger partial charge in [-0.25, -0.2) is 14.2 Å². The monoisotopic (exact) mass is 307 g/mol. The van der Waals surface area contributed by atoms with Gasteiger partial charge in [0.2, 0.25) is 5.90 Å². The molecule has 23 heavy (non-hydrogen) atoms. The van der Waals surface area contributed by atoms with Gasteiger partial charge in [0.15, 0.2) is 5.70 Å². The first-order valence-corrected chi connectivity index (χ1v) is 7.14. The standard InChI is InChI=1S/C19H14FNO2/c1-13(11-14-5-3-2-4-6-14)12-17-19(22)23-18(21-17)15-7-9-16(20)10-8-15/h2-12H,1H3. The summed E-state index contributed by atoms with van der Waals surface area (Å²) in [6.45, 7) is 1.89. The van der Waals surface area contributed by atoms with E-state index in [1.54, 1.807) is 6.08 Å². The van der Waals surface area contributed by atoms with Gasteiger partial charge in [-0.15, -0.1) is 0 Å². The van der Waals surface area contributed by atoms with Crippen LogP contribution in [0.15, 0.2) is 76.9 Å². The Morgan fingerprint density at radius 1 is 1.09 bits per heavy atom. The van der Waals surface area contributed by atoms with Crippen LogP contribution in [0.5, 0.6) is 0 Å². The van der Waals surface area contributed by atoms with Crippen molar-refractivity contribution in [3.05, 3.63) is 88.9 Å². The molecule has 1 aliphatic rings. The molecule has 114 valence electrons. The van der Waals surface area contributed by atoms with E-state index < -0.39 is 5.97 Å². The highest BCUT2D eigenvalue weighted by atomic mass is 19.1. The van der Waals surface area contributed by atoms with Crippen molar-refractivity contribution < 1.29 is 13.9 Å². The molecule has 3 nitrogen and oxygen atoms in total. The highest BCUT2D eigenvalue weighted by molar-refractivity contribution is 6.11. The molecule has 0 atom stereocenters. The molecule has 0 radical (unpaired) electrons. The molecule has 0 spiro atoms. The first-order chi connectivity index (χ1) is 11.1. The number of hydrogen-bond donors (Lipinski definition) is 0. The van der Waals surface area contributed by atoms with Crippen LogP contribution < -0.4 is 0 Å². The Bertz CT molecular complexity index is 818. The topological polar surface area (TPSA) is 38.7 Å². The lowest BCUT2D eigenvalue weighted by Crippen LogP contribution is -2.05. The molecule has 0 aromatic heterocycles. The normalized spacial score (nSPS) is 16.4. The summed E-state index contributed by atoms with van der Waals surface area (Å²) in [6.07, 6.45) is 3.62. The number of hydrogen-bond acceptors (Lipinski definition) is 3. The summed E-state index contributed by atoms with van der Waals surface area (Å²) in [5, 5.41) is 0. The van der Waals surface area contributed by atoms with Crippen LogP contribution in [0.2, 0.25) is 0 Å². The summed E-state index contributed by atoms with van der Waals surface area (Å²) in [4.78, 5) is 16.1.